The highest BCUT2D eigenvalue weighted by atomic mass is 127. The van der Waals surface area contributed by atoms with Crippen LogP contribution in [0.3, 0.4) is 0 Å². The Labute approximate surface area is 161 Å². The van der Waals surface area contributed by atoms with Gasteiger partial charge in [0.1, 0.15) is 0 Å². The highest BCUT2D eigenvalue weighted by Crippen LogP contribution is 2.28. The number of halogens is 1. The Balaban J connectivity index is 0.00000288. The molecule has 0 atom stereocenters. The molecule has 0 bridgehead atoms. The molecule has 2 rings (SSSR count). The van der Waals surface area contributed by atoms with Crippen LogP contribution in [-0.2, 0) is 14.3 Å². The summed E-state index contributed by atoms with van der Waals surface area (Å²) in [5, 5.41) is 3.19. The first-order chi connectivity index (χ1) is 11.1. The molecule has 0 aromatic carbocycles. The fourth-order valence-electron chi connectivity index (χ4n) is 2.56. The third-order valence-corrected chi connectivity index (χ3v) is 4.20. The van der Waals surface area contributed by atoms with E-state index in [-0.39, 0.29) is 35.8 Å². The second-order valence-corrected chi connectivity index (χ2v) is 6.21. The van der Waals surface area contributed by atoms with Gasteiger partial charge in [-0.3, -0.25) is 19.5 Å². The van der Waals surface area contributed by atoms with Gasteiger partial charge in [-0.2, -0.15) is 0 Å². The molecule has 1 saturated carbocycles. The fourth-order valence-corrected chi connectivity index (χ4v) is 2.56. The van der Waals surface area contributed by atoms with E-state index in [0.717, 1.165) is 25.0 Å². The first-order valence-electron chi connectivity index (χ1n) is 8.44. The zero-order valence-electron chi connectivity index (χ0n) is 14.6. The quantitative estimate of drug-likeness (QED) is 0.196. The Kier molecular flexibility index (Phi) is 9.57. The van der Waals surface area contributed by atoms with Crippen molar-refractivity contribution in [1.82, 2.24) is 15.1 Å². The van der Waals surface area contributed by atoms with Crippen LogP contribution in [0, 0.1) is 5.92 Å². The van der Waals surface area contributed by atoms with Gasteiger partial charge in [-0.15, -0.1) is 24.0 Å². The van der Waals surface area contributed by atoms with Crippen LogP contribution >= 0.6 is 24.0 Å². The predicted molar refractivity (Wildman–Crippen MR) is 104 cm³/mol. The standard InChI is InChI=1S/C16H28N4O3.HI/c1-17-16(19(2)10-11-23-12-13-6-7-13)18-8-9-20-14(21)4-3-5-15(20)22;/h13H,3-12H2,1-2H3,(H,17,18);1H. The number of aliphatic imine (C=N–C) groups is 1. The Bertz CT molecular complexity index is 439. The van der Waals surface area contributed by atoms with E-state index in [4.69, 9.17) is 4.74 Å². The van der Waals surface area contributed by atoms with Gasteiger partial charge >= 0.3 is 0 Å². The van der Waals surface area contributed by atoms with Crippen LogP contribution < -0.4 is 5.32 Å². The van der Waals surface area contributed by atoms with Gasteiger partial charge in [-0.1, -0.05) is 0 Å². The zero-order chi connectivity index (χ0) is 16.7. The number of imide groups is 1. The van der Waals surface area contributed by atoms with E-state index in [0.29, 0.717) is 39.0 Å². The summed E-state index contributed by atoms with van der Waals surface area (Å²) in [6, 6.07) is 0. The number of hydrogen-bond acceptors (Lipinski definition) is 4. The number of rotatable bonds is 8. The Morgan fingerprint density at radius 2 is 2.00 bits per heavy atom. The smallest absolute Gasteiger partial charge is 0.229 e. The lowest BCUT2D eigenvalue weighted by molar-refractivity contribution is -0.147. The van der Waals surface area contributed by atoms with Crippen molar-refractivity contribution in [2.24, 2.45) is 10.9 Å². The van der Waals surface area contributed by atoms with E-state index in [1.807, 2.05) is 11.9 Å². The van der Waals surface area contributed by atoms with Crippen LogP contribution in [0.4, 0.5) is 0 Å². The maximum Gasteiger partial charge on any atom is 0.229 e. The predicted octanol–water partition coefficient (Wildman–Crippen LogP) is 1.08. The van der Waals surface area contributed by atoms with Gasteiger partial charge in [0.2, 0.25) is 11.8 Å². The minimum atomic E-state index is -0.0696. The average molecular weight is 452 g/mol. The van der Waals surface area contributed by atoms with Gasteiger partial charge in [0.15, 0.2) is 5.96 Å². The van der Waals surface area contributed by atoms with Gasteiger partial charge in [-0.05, 0) is 25.2 Å². The highest BCUT2D eigenvalue weighted by Gasteiger charge is 2.25. The van der Waals surface area contributed by atoms with Crippen molar-refractivity contribution >= 4 is 41.8 Å². The van der Waals surface area contributed by atoms with E-state index in [2.05, 4.69) is 10.3 Å². The normalized spacial score (nSPS) is 18.4. The molecule has 0 aromatic rings. The lowest BCUT2D eigenvalue weighted by Crippen LogP contribution is -2.47. The molecule has 1 N–H and O–H groups in total. The highest BCUT2D eigenvalue weighted by molar-refractivity contribution is 14.0. The molecule has 2 fully saturated rings. The Morgan fingerprint density at radius 3 is 2.58 bits per heavy atom. The van der Waals surface area contributed by atoms with Crippen molar-refractivity contribution in [2.75, 3.05) is 46.9 Å². The Morgan fingerprint density at radius 1 is 1.33 bits per heavy atom. The molecule has 24 heavy (non-hydrogen) atoms. The SMILES string of the molecule is CN=C(NCCN1C(=O)CCCC1=O)N(C)CCOCC1CC1.I. The van der Waals surface area contributed by atoms with Crippen LogP contribution in [0.15, 0.2) is 4.99 Å². The number of amides is 2. The fraction of sp³-hybridized carbons (Fsp3) is 0.812. The number of likely N-dealkylation sites (tertiary alicyclic amines) is 1. The van der Waals surface area contributed by atoms with E-state index < -0.39 is 0 Å². The topological polar surface area (TPSA) is 74.2 Å². The Hall–Kier alpha value is -0.900. The molecule has 0 unspecified atom stereocenters. The largest absolute Gasteiger partial charge is 0.379 e. The number of piperidine rings is 1. The summed E-state index contributed by atoms with van der Waals surface area (Å²) in [6.07, 6.45) is 4.21. The molecule has 2 amide bonds. The number of carbonyl (C=O) groups excluding carboxylic acids is 2. The molecule has 1 aliphatic carbocycles. The molecule has 1 saturated heterocycles. The van der Waals surface area contributed by atoms with E-state index in [9.17, 15) is 9.59 Å². The molecule has 0 spiro atoms. The van der Waals surface area contributed by atoms with E-state index in [1.54, 1.807) is 7.05 Å². The van der Waals surface area contributed by atoms with Gasteiger partial charge in [0.05, 0.1) is 6.61 Å². The molecular formula is C16H29IN4O3. The van der Waals surface area contributed by atoms with Crippen LogP contribution in [0.5, 0.6) is 0 Å². The van der Waals surface area contributed by atoms with Crippen molar-refractivity contribution < 1.29 is 14.3 Å². The third-order valence-electron chi connectivity index (χ3n) is 4.20. The molecule has 1 heterocycles. The summed E-state index contributed by atoms with van der Waals surface area (Å²) in [7, 11) is 3.67. The number of nitrogens with one attached hydrogen (secondary N) is 1. The molecule has 0 aromatic heterocycles. The number of likely N-dealkylation sites (N-methyl/N-ethyl adjacent to an activating group) is 1. The summed E-state index contributed by atoms with van der Waals surface area (Å²) in [4.78, 5) is 31.0. The summed E-state index contributed by atoms with van der Waals surface area (Å²) >= 11 is 0. The van der Waals surface area contributed by atoms with Crippen molar-refractivity contribution in [1.29, 1.82) is 0 Å². The summed E-state index contributed by atoms with van der Waals surface area (Å²) < 4.78 is 5.63. The monoisotopic (exact) mass is 452 g/mol. The molecule has 2 aliphatic rings. The molecule has 138 valence electrons. The summed E-state index contributed by atoms with van der Waals surface area (Å²) in [5.74, 6) is 1.38. The maximum absolute atomic E-state index is 11.7. The van der Waals surface area contributed by atoms with Gasteiger partial charge < -0.3 is 15.0 Å². The first kappa shape index (κ1) is 21.1. The number of guanidine groups is 1. The first-order valence-corrected chi connectivity index (χ1v) is 8.44. The van der Waals surface area contributed by atoms with Crippen molar-refractivity contribution in [2.45, 2.75) is 32.1 Å². The number of hydrogen-bond donors (Lipinski definition) is 1. The zero-order valence-corrected chi connectivity index (χ0v) is 17.0. The summed E-state index contributed by atoms with van der Waals surface area (Å²) in [6.45, 7) is 3.20. The lowest BCUT2D eigenvalue weighted by atomic mass is 10.1. The van der Waals surface area contributed by atoms with Crippen LogP contribution in [0.25, 0.3) is 0 Å². The second-order valence-electron chi connectivity index (χ2n) is 6.21. The molecule has 7 nitrogen and oxygen atoms in total. The van der Waals surface area contributed by atoms with E-state index >= 15 is 0 Å². The molecular weight excluding hydrogens is 423 g/mol. The van der Waals surface area contributed by atoms with Crippen molar-refractivity contribution in [3.05, 3.63) is 0 Å². The number of nitrogens with zero attached hydrogens (tertiary/aromatic N) is 3. The maximum atomic E-state index is 11.7. The minimum absolute atomic E-state index is 0. The molecule has 0 radical (unpaired) electrons. The average Bonchev–Trinajstić information content (AvgIpc) is 3.34. The van der Waals surface area contributed by atoms with Gasteiger partial charge in [0.25, 0.3) is 0 Å². The number of carbonyl (C=O) groups is 2. The van der Waals surface area contributed by atoms with E-state index in [1.165, 1.54) is 17.7 Å². The van der Waals surface area contributed by atoms with Crippen molar-refractivity contribution in [3.63, 3.8) is 0 Å². The van der Waals surface area contributed by atoms with Crippen LogP contribution in [-0.4, -0.2) is 74.5 Å². The van der Waals surface area contributed by atoms with Gasteiger partial charge in [0, 0.05) is 53.2 Å². The minimum Gasteiger partial charge on any atom is -0.379 e. The summed E-state index contributed by atoms with van der Waals surface area (Å²) in [5.41, 5.74) is 0. The van der Waals surface area contributed by atoms with Crippen LogP contribution in [0.2, 0.25) is 0 Å². The van der Waals surface area contributed by atoms with Gasteiger partial charge in [-0.25, -0.2) is 0 Å². The van der Waals surface area contributed by atoms with Crippen LogP contribution in [0.1, 0.15) is 32.1 Å². The number of ether oxygens (including phenoxy) is 1. The third kappa shape index (κ3) is 6.92. The van der Waals surface area contributed by atoms with Crippen molar-refractivity contribution in [3.8, 4) is 0 Å². The lowest BCUT2D eigenvalue weighted by Gasteiger charge is -2.26. The molecule has 8 heteroatoms. The second kappa shape index (κ2) is 10.9. The molecule has 1 aliphatic heterocycles.